The number of aromatic nitrogens is 3. The average Bonchev–Trinajstić information content (AvgIpc) is 3.54. The standard InChI is InChI=1S/C24H25N5O/c30-21-15-19(21)8-12-26-22-16-23(28-24(27-22)20-7-3-4-11-25-20)29-13-9-17-5-1-2-6-18(17)10-14-29/h1-7,11,16,19H,8-10,12-15H2,(H,26,27,28). The topological polar surface area (TPSA) is 71.0 Å². The molecule has 1 saturated carbocycles. The highest BCUT2D eigenvalue weighted by Gasteiger charge is 2.33. The van der Waals surface area contributed by atoms with Crippen molar-refractivity contribution in [1.29, 1.82) is 0 Å². The van der Waals surface area contributed by atoms with E-state index >= 15 is 0 Å². The summed E-state index contributed by atoms with van der Waals surface area (Å²) in [6, 6.07) is 16.5. The van der Waals surface area contributed by atoms with Crippen molar-refractivity contribution in [3.05, 3.63) is 65.9 Å². The van der Waals surface area contributed by atoms with Gasteiger partial charge in [0.1, 0.15) is 23.1 Å². The molecule has 30 heavy (non-hydrogen) atoms. The Labute approximate surface area is 176 Å². The van der Waals surface area contributed by atoms with E-state index in [-0.39, 0.29) is 5.92 Å². The van der Waals surface area contributed by atoms with Gasteiger partial charge >= 0.3 is 0 Å². The molecule has 1 unspecified atom stereocenters. The minimum atomic E-state index is 0.234. The Kier molecular flexibility index (Phi) is 5.13. The van der Waals surface area contributed by atoms with E-state index in [9.17, 15) is 4.79 Å². The van der Waals surface area contributed by atoms with E-state index in [0.29, 0.717) is 11.6 Å². The lowest BCUT2D eigenvalue weighted by Crippen LogP contribution is -2.27. The number of pyridine rings is 1. The highest BCUT2D eigenvalue weighted by Crippen LogP contribution is 2.28. The molecule has 1 fully saturated rings. The van der Waals surface area contributed by atoms with Crippen LogP contribution in [0, 0.1) is 5.92 Å². The van der Waals surface area contributed by atoms with Crippen LogP contribution in [0.2, 0.25) is 0 Å². The molecule has 1 N–H and O–H groups in total. The third kappa shape index (κ3) is 4.17. The monoisotopic (exact) mass is 399 g/mol. The second-order valence-corrected chi connectivity index (χ2v) is 7.99. The number of benzene rings is 1. The summed E-state index contributed by atoms with van der Waals surface area (Å²) in [6.45, 7) is 2.58. The number of Topliss-reactive ketones (excluding diaryl/α,β-unsaturated/α-hetero) is 1. The molecule has 152 valence electrons. The summed E-state index contributed by atoms with van der Waals surface area (Å²) in [4.78, 5) is 27.6. The van der Waals surface area contributed by atoms with Crippen LogP contribution in [0.1, 0.15) is 24.0 Å². The van der Waals surface area contributed by atoms with E-state index in [0.717, 1.165) is 62.6 Å². The minimum Gasteiger partial charge on any atom is -0.370 e. The molecule has 2 aromatic heterocycles. The quantitative estimate of drug-likeness (QED) is 0.684. The first-order chi connectivity index (χ1) is 14.8. The van der Waals surface area contributed by atoms with E-state index in [4.69, 9.17) is 9.97 Å². The zero-order valence-electron chi connectivity index (χ0n) is 16.9. The maximum atomic E-state index is 11.3. The summed E-state index contributed by atoms with van der Waals surface area (Å²) in [7, 11) is 0. The summed E-state index contributed by atoms with van der Waals surface area (Å²) < 4.78 is 0. The van der Waals surface area contributed by atoms with Crippen molar-refractivity contribution in [2.45, 2.75) is 25.7 Å². The van der Waals surface area contributed by atoms with Crippen molar-refractivity contribution in [1.82, 2.24) is 15.0 Å². The molecule has 1 aliphatic heterocycles. The van der Waals surface area contributed by atoms with Gasteiger partial charge in [0.25, 0.3) is 0 Å². The molecule has 5 rings (SSSR count). The Morgan fingerprint density at radius 1 is 1.00 bits per heavy atom. The van der Waals surface area contributed by atoms with Crippen LogP contribution in [0.4, 0.5) is 11.6 Å². The van der Waals surface area contributed by atoms with E-state index in [1.165, 1.54) is 11.1 Å². The first-order valence-corrected chi connectivity index (χ1v) is 10.6. The number of hydrogen-bond acceptors (Lipinski definition) is 6. The Morgan fingerprint density at radius 3 is 2.40 bits per heavy atom. The zero-order valence-corrected chi connectivity index (χ0v) is 16.9. The molecule has 1 atom stereocenters. The van der Waals surface area contributed by atoms with E-state index in [1.54, 1.807) is 6.20 Å². The minimum absolute atomic E-state index is 0.234. The predicted octanol–water partition coefficient (Wildman–Crippen LogP) is 3.53. The largest absolute Gasteiger partial charge is 0.370 e. The summed E-state index contributed by atoms with van der Waals surface area (Å²) in [6.07, 6.45) is 5.36. The van der Waals surface area contributed by atoms with Gasteiger partial charge in [-0.05, 0) is 42.5 Å². The Balaban J connectivity index is 1.40. The van der Waals surface area contributed by atoms with Crippen LogP contribution in [0.3, 0.4) is 0 Å². The van der Waals surface area contributed by atoms with Gasteiger partial charge in [0.15, 0.2) is 5.82 Å². The van der Waals surface area contributed by atoms with Crippen LogP contribution < -0.4 is 10.2 Å². The number of anilines is 2. The van der Waals surface area contributed by atoms with Gasteiger partial charge in [0.05, 0.1) is 0 Å². The molecule has 2 aliphatic rings. The van der Waals surface area contributed by atoms with Gasteiger partial charge in [0.2, 0.25) is 0 Å². The number of nitrogens with one attached hydrogen (secondary N) is 1. The number of carbonyl (C=O) groups is 1. The number of nitrogens with zero attached hydrogens (tertiary/aromatic N) is 4. The van der Waals surface area contributed by atoms with Gasteiger partial charge in [-0.2, -0.15) is 0 Å². The second-order valence-electron chi connectivity index (χ2n) is 7.99. The van der Waals surface area contributed by atoms with Gasteiger partial charge in [0, 0.05) is 44.2 Å². The average molecular weight is 399 g/mol. The molecule has 6 heteroatoms. The van der Waals surface area contributed by atoms with E-state index in [1.807, 2.05) is 24.3 Å². The molecular weight excluding hydrogens is 374 g/mol. The molecule has 0 bridgehead atoms. The molecule has 0 amide bonds. The lowest BCUT2D eigenvalue weighted by molar-refractivity contribution is -0.111. The van der Waals surface area contributed by atoms with Gasteiger partial charge in [-0.25, -0.2) is 9.97 Å². The Bertz CT molecular complexity index is 1030. The summed E-state index contributed by atoms with van der Waals surface area (Å²) >= 11 is 0. The van der Waals surface area contributed by atoms with Crippen LogP contribution in [0.25, 0.3) is 11.5 Å². The van der Waals surface area contributed by atoms with Gasteiger partial charge in [-0.1, -0.05) is 30.3 Å². The molecule has 3 aromatic rings. The molecular formula is C24H25N5O. The number of ketones is 1. The molecule has 0 spiro atoms. The SMILES string of the molecule is O=C1CC1CCNc1cc(N2CCc3ccccc3CC2)nc(-c2ccccn2)n1. The van der Waals surface area contributed by atoms with Crippen LogP contribution in [-0.2, 0) is 17.6 Å². The number of rotatable bonds is 6. The fourth-order valence-electron chi connectivity index (χ4n) is 4.02. The maximum absolute atomic E-state index is 11.3. The van der Waals surface area contributed by atoms with Gasteiger partial charge in [-0.15, -0.1) is 0 Å². The fourth-order valence-corrected chi connectivity index (χ4v) is 4.02. The lowest BCUT2D eigenvalue weighted by atomic mass is 10.0. The van der Waals surface area contributed by atoms with Crippen molar-refractivity contribution in [3.63, 3.8) is 0 Å². The first-order valence-electron chi connectivity index (χ1n) is 10.6. The number of fused-ring (bicyclic) bond motifs is 1. The molecule has 3 heterocycles. The van der Waals surface area contributed by atoms with E-state index in [2.05, 4.69) is 39.5 Å². The Hall–Kier alpha value is -3.28. The smallest absolute Gasteiger partial charge is 0.182 e. The zero-order chi connectivity index (χ0) is 20.3. The van der Waals surface area contributed by atoms with E-state index < -0.39 is 0 Å². The first kappa shape index (κ1) is 18.7. The van der Waals surface area contributed by atoms with Crippen molar-refractivity contribution in [3.8, 4) is 11.5 Å². The number of carbonyl (C=O) groups excluding carboxylic acids is 1. The molecule has 0 radical (unpaired) electrons. The van der Waals surface area contributed by atoms with Crippen LogP contribution in [0.5, 0.6) is 0 Å². The van der Waals surface area contributed by atoms with Crippen LogP contribution in [-0.4, -0.2) is 40.4 Å². The molecule has 1 aliphatic carbocycles. The second kappa shape index (κ2) is 8.22. The third-order valence-corrected chi connectivity index (χ3v) is 5.89. The summed E-state index contributed by atoms with van der Waals surface area (Å²) in [5.41, 5.74) is 3.61. The van der Waals surface area contributed by atoms with Crippen molar-refractivity contribution in [2.75, 3.05) is 29.9 Å². The highest BCUT2D eigenvalue weighted by atomic mass is 16.1. The predicted molar refractivity (Wildman–Crippen MR) is 118 cm³/mol. The van der Waals surface area contributed by atoms with Crippen molar-refractivity contribution < 1.29 is 4.79 Å². The van der Waals surface area contributed by atoms with Crippen LogP contribution in [0.15, 0.2) is 54.7 Å². The lowest BCUT2D eigenvalue weighted by Gasteiger charge is -2.22. The highest BCUT2D eigenvalue weighted by molar-refractivity contribution is 5.95. The molecule has 0 saturated heterocycles. The summed E-state index contributed by atoms with van der Waals surface area (Å²) in [5.74, 6) is 2.94. The maximum Gasteiger partial charge on any atom is 0.182 e. The number of hydrogen-bond donors (Lipinski definition) is 1. The normalized spacial score (nSPS) is 17.9. The third-order valence-electron chi connectivity index (χ3n) is 5.89. The van der Waals surface area contributed by atoms with Gasteiger partial charge in [-0.3, -0.25) is 9.78 Å². The molecule has 6 nitrogen and oxygen atoms in total. The van der Waals surface area contributed by atoms with Gasteiger partial charge < -0.3 is 10.2 Å². The summed E-state index contributed by atoms with van der Waals surface area (Å²) in [5, 5.41) is 3.40. The van der Waals surface area contributed by atoms with Crippen molar-refractivity contribution in [2.24, 2.45) is 5.92 Å². The molecule has 1 aromatic carbocycles. The Morgan fingerprint density at radius 2 is 1.73 bits per heavy atom. The van der Waals surface area contributed by atoms with Crippen molar-refractivity contribution >= 4 is 17.4 Å². The van der Waals surface area contributed by atoms with Crippen LogP contribution >= 0.6 is 0 Å². The fraction of sp³-hybridized carbons (Fsp3) is 0.333.